The minimum atomic E-state index is -0.301. The summed E-state index contributed by atoms with van der Waals surface area (Å²) in [6.45, 7) is 5.65. The van der Waals surface area contributed by atoms with Crippen molar-refractivity contribution in [3.8, 4) is 11.4 Å². The molecular weight excluding hydrogens is 358 g/mol. The lowest BCUT2D eigenvalue weighted by Crippen LogP contribution is -2.17. The van der Waals surface area contributed by atoms with Crippen LogP contribution in [0.2, 0.25) is 0 Å². The molecule has 5 heteroatoms. The first kappa shape index (κ1) is 14.2. The van der Waals surface area contributed by atoms with E-state index in [0.29, 0.717) is 20.5 Å². The van der Waals surface area contributed by atoms with Crippen molar-refractivity contribution in [2.45, 2.75) is 26.7 Å². The molecule has 0 aliphatic carbocycles. The van der Waals surface area contributed by atoms with E-state index in [1.54, 1.807) is 19.1 Å². The van der Waals surface area contributed by atoms with Crippen LogP contribution in [0.1, 0.15) is 31.0 Å². The van der Waals surface area contributed by atoms with Crippen LogP contribution in [0.4, 0.5) is 4.39 Å². The lowest BCUT2D eigenvalue weighted by Gasteiger charge is -2.10. The molecule has 100 valence electrons. The van der Waals surface area contributed by atoms with Gasteiger partial charge in [0.2, 0.25) is 0 Å². The van der Waals surface area contributed by atoms with Crippen LogP contribution in [0.5, 0.6) is 0 Å². The van der Waals surface area contributed by atoms with Gasteiger partial charge in [-0.3, -0.25) is 4.79 Å². The van der Waals surface area contributed by atoms with E-state index in [4.69, 9.17) is 0 Å². The van der Waals surface area contributed by atoms with Crippen LogP contribution < -0.4 is 5.56 Å². The van der Waals surface area contributed by atoms with Crippen molar-refractivity contribution >= 4 is 22.6 Å². The normalized spacial score (nSPS) is 11.1. The smallest absolute Gasteiger partial charge is 0.264 e. The molecule has 0 amide bonds. The molecule has 2 rings (SSSR count). The Hall–Kier alpha value is -1.24. The molecule has 2 aromatic rings. The number of hydrogen-bond acceptors (Lipinski definition) is 2. The maximum atomic E-state index is 13.6. The Morgan fingerprint density at radius 2 is 2.05 bits per heavy atom. The summed E-state index contributed by atoms with van der Waals surface area (Å²) in [7, 11) is 0. The minimum Gasteiger partial charge on any atom is -0.306 e. The van der Waals surface area contributed by atoms with Crippen LogP contribution in [0.25, 0.3) is 11.4 Å². The molecule has 1 aromatic heterocycles. The third-order valence-corrected chi connectivity index (χ3v) is 3.92. The second-order valence-electron chi connectivity index (χ2n) is 4.73. The summed E-state index contributed by atoms with van der Waals surface area (Å²) in [4.78, 5) is 19.0. The number of nitrogens with one attached hydrogen (secondary N) is 1. The Bertz CT molecular complexity index is 680. The van der Waals surface area contributed by atoms with Crippen molar-refractivity contribution in [1.29, 1.82) is 0 Å². The van der Waals surface area contributed by atoms with Crippen LogP contribution in [-0.4, -0.2) is 9.97 Å². The maximum Gasteiger partial charge on any atom is 0.264 e. The Morgan fingerprint density at radius 3 is 2.63 bits per heavy atom. The highest BCUT2D eigenvalue weighted by Crippen LogP contribution is 2.21. The highest BCUT2D eigenvalue weighted by atomic mass is 127. The van der Waals surface area contributed by atoms with E-state index >= 15 is 0 Å². The molecule has 0 spiro atoms. The van der Waals surface area contributed by atoms with Gasteiger partial charge in [-0.15, -0.1) is 0 Å². The lowest BCUT2D eigenvalue weighted by molar-refractivity contribution is 0.619. The van der Waals surface area contributed by atoms with Crippen LogP contribution >= 0.6 is 22.6 Å². The van der Waals surface area contributed by atoms with E-state index in [1.165, 1.54) is 6.07 Å². The first-order valence-electron chi connectivity index (χ1n) is 5.96. The van der Waals surface area contributed by atoms with Crippen molar-refractivity contribution in [2.24, 2.45) is 0 Å². The summed E-state index contributed by atoms with van der Waals surface area (Å²) < 4.78 is 14.2. The van der Waals surface area contributed by atoms with Gasteiger partial charge in [-0.05, 0) is 47.1 Å². The van der Waals surface area contributed by atoms with E-state index in [9.17, 15) is 9.18 Å². The van der Waals surface area contributed by atoms with Crippen molar-refractivity contribution in [1.82, 2.24) is 9.97 Å². The fraction of sp³-hybridized carbons (Fsp3) is 0.286. The summed E-state index contributed by atoms with van der Waals surface area (Å²) in [5.41, 5.74) is 1.70. The number of halogens is 2. The second-order valence-corrected chi connectivity index (χ2v) is 5.81. The molecule has 0 unspecified atom stereocenters. The average molecular weight is 372 g/mol. The SMILES string of the molecule is Cc1ccc(-c2nc(C(C)C)c(I)c(=O)[nH]2)cc1F. The average Bonchev–Trinajstić information content (AvgIpc) is 2.35. The van der Waals surface area contributed by atoms with Crippen molar-refractivity contribution in [3.05, 3.63) is 49.2 Å². The number of aromatic nitrogens is 2. The molecule has 1 heterocycles. The monoisotopic (exact) mass is 372 g/mol. The highest BCUT2D eigenvalue weighted by molar-refractivity contribution is 14.1. The number of aromatic amines is 1. The molecule has 0 bridgehead atoms. The molecule has 0 radical (unpaired) electrons. The molecule has 0 saturated heterocycles. The van der Waals surface area contributed by atoms with E-state index in [2.05, 4.69) is 9.97 Å². The van der Waals surface area contributed by atoms with Crippen LogP contribution in [-0.2, 0) is 0 Å². The summed E-state index contributed by atoms with van der Waals surface area (Å²) in [5, 5.41) is 0. The quantitative estimate of drug-likeness (QED) is 0.819. The maximum absolute atomic E-state index is 13.6. The predicted octanol–water partition coefficient (Wildman–Crippen LogP) is 3.61. The first-order valence-corrected chi connectivity index (χ1v) is 7.04. The van der Waals surface area contributed by atoms with Gasteiger partial charge in [0.15, 0.2) is 0 Å². The fourth-order valence-corrected chi connectivity index (χ4v) is 2.61. The fourth-order valence-electron chi connectivity index (χ4n) is 1.74. The number of aryl methyl sites for hydroxylation is 1. The largest absolute Gasteiger partial charge is 0.306 e. The lowest BCUT2D eigenvalue weighted by atomic mass is 10.1. The minimum absolute atomic E-state index is 0.142. The van der Waals surface area contributed by atoms with Gasteiger partial charge < -0.3 is 4.98 Å². The van der Waals surface area contributed by atoms with Crippen molar-refractivity contribution in [2.75, 3.05) is 0 Å². The third-order valence-electron chi connectivity index (χ3n) is 2.88. The second kappa shape index (κ2) is 5.40. The highest BCUT2D eigenvalue weighted by Gasteiger charge is 2.13. The van der Waals surface area contributed by atoms with E-state index in [-0.39, 0.29) is 17.3 Å². The zero-order valence-electron chi connectivity index (χ0n) is 10.9. The first-order chi connectivity index (χ1) is 8.90. The molecule has 0 fully saturated rings. The molecule has 1 N–H and O–H groups in total. The zero-order chi connectivity index (χ0) is 14.2. The Morgan fingerprint density at radius 1 is 1.37 bits per heavy atom. The van der Waals surface area contributed by atoms with Gasteiger partial charge in [-0.25, -0.2) is 9.37 Å². The summed E-state index contributed by atoms with van der Waals surface area (Å²) in [6, 6.07) is 4.83. The molecule has 0 saturated carbocycles. The summed E-state index contributed by atoms with van der Waals surface area (Å²) in [5.74, 6) is 0.251. The topological polar surface area (TPSA) is 45.8 Å². The molecule has 0 atom stereocenters. The number of nitrogens with zero attached hydrogens (tertiary/aromatic N) is 1. The van der Waals surface area contributed by atoms with Gasteiger partial charge in [-0.1, -0.05) is 26.0 Å². The summed E-state index contributed by atoms with van der Waals surface area (Å²) >= 11 is 1.99. The summed E-state index contributed by atoms with van der Waals surface area (Å²) in [6.07, 6.45) is 0. The Labute approximate surface area is 124 Å². The van der Waals surface area contributed by atoms with Gasteiger partial charge in [0.05, 0.1) is 9.26 Å². The number of benzene rings is 1. The standard InChI is InChI=1S/C14H14FIN2O/c1-7(2)12-11(16)14(19)18-13(17-12)9-5-4-8(3)10(15)6-9/h4-7H,1-3H3,(H,17,18,19). The molecule has 0 aliphatic heterocycles. The molecule has 0 aliphatic rings. The van der Waals surface area contributed by atoms with E-state index in [0.717, 1.165) is 5.69 Å². The third kappa shape index (κ3) is 2.86. The molecule has 3 nitrogen and oxygen atoms in total. The van der Waals surface area contributed by atoms with Gasteiger partial charge in [0.1, 0.15) is 11.6 Å². The Balaban J connectivity index is 2.63. The van der Waals surface area contributed by atoms with Crippen molar-refractivity contribution in [3.63, 3.8) is 0 Å². The van der Waals surface area contributed by atoms with Crippen LogP contribution in [0.3, 0.4) is 0 Å². The van der Waals surface area contributed by atoms with Gasteiger partial charge in [0.25, 0.3) is 5.56 Å². The van der Waals surface area contributed by atoms with Crippen molar-refractivity contribution < 1.29 is 4.39 Å². The van der Waals surface area contributed by atoms with E-state index < -0.39 is 0 Å². The predicted molar refractivity (Wildman–Crippen MR) is 81.8 cm³/mol. The molecule has 1 aromatic carbocycles. The Kier molecular flexibility index (Phi) is 4.03. The van der Waals surface area contributed by atoms with Gasteiger partial charge >= 0.3 is 0 Å². The molecular formula is C14H14FIN2O. The van der Waals surface area contributed by atoms with Gasteiger partial charge in [0, 0.05) is 5.56 Å². The van der Waals surface area contributed by atoms with Gasteiger partial charge in [-0.2, -0.15) is 0 Å². The van der Waals surface area contributed by atoms with E-state index in [1.807, 2.05) is 36.4 Å². The molecule has 19 heavy (non-hydrogen) atoms. The number of hydrogen-bond donors (Lipinski definition) is 1. The zero-order valence-corrected chi connectivity index (χ0v) is 13.1. The number of H-pyrrole nitrogens is 1. The van der Waals surface area contributed by atoms with Crippen LogP contribution in [0.15, 0.2) is 23.0 Å². The number of rotatable bonds is 2. The van der Waals surface area contributed by atoms with Crippen LogP contribution in [0, 0.1) is 16.3 Å².